The Morgan fingerprint density at radius 1 is 0.886 bits per heavy atom. The second-order valence-electron chi connectivity index (χ2n) is 12.1. The van der Waals surface area contributed by atoms with Gasteiger partial charge in [0.15, 0.2) is 0 Å². The number of piperidine rings is 1. The minimum atomic E-state index is -0.210. The molecule has 3 aromatic carbocycles. The van der Waals surface area contributed by atoms with Gasteiger partial charge in [0.05, 0.1) is 10.6 Å². The smallest absolute Gasteiger partial charge is 0.410 e. The number of hydrogen-bond donors (Lipinski definition) is 0. The lowest BCUT2D eigenvalue weighted by Crippen LogP contribution is -2.48. The molecule has 3 aromatic rings. The van der Waals surface area contributed by atoms with E-state index in [0.29, 0.717) is 35.6 Å². The molecule has 1 saturated heterocycles. The average molecular weight is 639 g/mol. The van der Waals surface area contributed by atoms with Crippen LogP contribution < -0.4 is 0 Å². The molecule has 0 N–H and O–H groups in total. The fourth-order valence-electron chi connectivity index (χ4n) is 6.92. The highest BCUT2D eigenvalue weighted by Gasteiger charge is 2.40. The number of ether oxygens (including phenoxy) is 1. The third kappa shape index (κ3) is 8.35. The van der Waals surface area contributed by atoms with Gasteiger partial charge in [0, 0.05) is 45.3 Å². The Morgan fingerprint density at radius 2 is 1.52 bits per heavy atom. The van der Waals surface area contributed by atoms with Crippen LogP contribution in [-0.4, -0.2) is 72.0 Å². The molecule has 1 aliphatic carbocycles. The SMILES string of the molecule is CCCN(C(=O)OCc1ccccc1)C1CCN(CC2CC(N(C)C(=O)c3ccccc3Cl)CC2c2ccccc2)CC1.Cl. The summed E-state index contributed by atoms with van der Waals surface area (Å²) in [5, 5.41) is 0.498. The van der Waals surface area contributed by atoms with E-state index >= 15 is 0 Å². The predicted molar refractivity (Wildman–Crippen MR) is 180 cm³/mol. The Bertz CT molecular complexity index is 1330. The normalized spacial score (nSPS) is 20.5. The maximum absolute atomic E-state index is 13.4. The highest BCUT2D eigenvalue weighted by Crippen LogP contribution is 2.43. The minimum absolute atomic E-state index is 0. The molecular weight excluding hydrogens is 593 g/mol. The summed E-state index contributed by atoms with van der Waals surface area (Å²) >= 11 is 6.38. The summed E-state index contributed by atoms with van der Waals surface area (Å²) in [6.45, 7) is 6.02. The maximum atomic E-state index is 13.4. The Balaban J connectivity index is 0.00000442. The van der Waals surface area contributed by atoms with Crippen LogP contribution in [0.5, 0.6) is 0 Å². The summed E-state index contributed by atoms with van der Waals surface area (Å²) < 4.78 is 5.72. The molecule has 0 radical (unpaired) electrons. The molecule has 236 valence electrons. The molecule has 5 rings (SSSR count). The van der Waals surface area contributed by atoms with Crippen molar-refractivity contribution in [2.75, 3.05) is 33.2 Å². The van der Waals surface area contributed by atoms with Crippen molar-refractivity contribution in [3.63, 3.8) is 0 Å². The van der Waals surface area contributed by atoms with Crippen molar-refractivity contribution in [3.05, 3.63) is 107 Å². The molecule has 1 saturated carbocycles. The van der Waals surface area contributed by atoms with E-state index in [1.54, 1.807) is 6.07 Å². The standard InChI is InChI=1S/C36H44ClN3O3.ClH/c1-3-20-40(36(42)43-26-27-12-6-4-7-13-27)30-18-21-39(22-19-30)25-29-23-31(24-33(29)28-14-8-5-9-15-28)38(2)35(41)32-16-10-11-17-34(32)37;/h4-17,29-31,33H,3,18-26H2,1-2H3;1H. The summed E-state index contributed by atoms with van der Waals surface area (Å²) in [6, 6.07) is 28.3. The first kappa shape index (κ1) is 33.8. The number of amides is 2. The van der Waals surface area contributed by atoms with Crippen molar-refractivity contribution in [2.24, 2.45) is 5.92 Å². The predicted octanol–water partition coefficient (Wildman–Crippen LogP) is 7.91. The number of likely N-dealkylation sites (tertiary alicyclic amines) is 1. The van der Waals surface area contributed by atoms with Gasteiger partial charge in [-0.25, -0.2) is 4.79 Å². The van der Waals surface area contributed by atoms with Crippen molar-refractivity contribution in [1.82, 2.24) is 14.7 Å². The number of nitrogens with zero attached hydrogens (tertiary/aromatic N) is 3. The van der Waals surface area contributed by atoms with Crippen molar-refractivity contribution >= 4 is 36.0 Å². The molecule has 2 amide bonds. The van der Waals surface area contributed by atoms with Crippen LogP contribution in [-0.2, 0) is 11.3 Å². The first-order valence-corrected chi connectivity index (χ1v) is 16.1. The number of carbonyl (C=O) groups is 2. The molecule has 1 heterocycles. The lowest BCUT2D eigenvalue weighted by atomic mass is 9.88. The largest absolute Gasteiger partial charge is 0.445 e. The molecule has 2 fully saturated rings. The maximum Gasteiger partial charge on any atom is 0.410 e. The van der Waals surface area contributed by atoms with Gasteiger partial charge < -0.3 is 19.4 Å². The summed E-state index contributed by atoms with van der Waals surface area (Å²) in [4.78, 5) is 32.9. The zero-order valence-corrected chi connectivity index (χ0v) is 27.4. The van der Waals surface area contributed by atoms with E-state index in [2.05, 4.69) is 42.2 Å². The lowest BCUT2D eigenvalue weighted by Gasteiger charge is -2.39. The van der Waals surface area contributed by atoms with Gasteiger partial charge >= 0.3 is 6.09 Å². The Labute approximate surface area is 273 Å². The molecule has 44 heavy (non-hydrogen) atoms. The Kier molecular flexibility index (Phi) is 12.5. The van der Waals surface area contributed by atoms with Crippen LogP contribution in [0.25, 0.3) is 0 Å². The van der Waals surface area contributed by atoms with Crippen LogP contribution in [0, 0.1) is 5.92 Å². The second kappa shape index (κ2) is 16.3. The second-order valence-corrected chi connectivity index (χ2v) is 12.5. The molecule has 0 bridgehead atoms. The van der Waals surface area contributed by atoms with Gasteiger partial charge in [0.25, 0.3) is 5.91 Å². The van der Waals surface area contributed by atoms with Crippen LogP contribution in [0.1, 0.15) is 66.4 Å². The molecule has 1 aliphatic heterocycles. The van der Waals surface area contributed by atoms with E-state index < -0.39 is 0 Å². The van der Waals surface area contributed by atoms with Crippen molar-refractivity contribution < 1.29 is 14.3 Å². The Hall–Kier alpha value is -3.06. The molecule has 2 aliphatic rings. The van der Waals surface area contributed by atoms with Crippen molar-refractivity contribution in [1.29, 1.82) is 0 Å². The van der Waals surface area contributed by atoms with Gasteiger partial charge in [0.2, 0.25) is 0 Å². The number of rotatable bonds is 10. The highest BCUT2D eigenvalue weighted by atomic mass is 35.5. The monoisotopic (exact) mass is 637 g/mol. The Morgan fingerprint density at radius 3 is 2.18 bits per heavy atom. The molecule has 0 spiro atoms. The van der Waals surface area contributed by atoms with Crippen molar-refractivity contribution in [2.45, 2.75) is 63.6 Å². The van der Waals surface area contributed by atoms with Crippen LogP contribution in [0.4, 0.5) is 4.79 Å². The molecule has 3 atom stereocenters. The number of hydrogen-bond acceptors (Lipinski definition) is 4. The first-order valence-electron chi connectivity index (χ1n) is 15.7. The quantitative estimate of drug-likeness (QED) is 0.227. The topological polar surface area (TPSA) is 53.1 Å². The third-order valence-corrected chi connectivity index (χ3v) is 9.59. The molecule has 3 unspecified atom stereocenters. The van der Waals surface area contributed by atoms with Gasteiger partial charge in [-0.05, 0) is 67.2 Å². The van der Waals surface area contributed by atoms with E-state index in [0.717, 1.165) is 57.3 Å². The average Bonchev–Trinajstić information content (AvgIpc) is 3.47. The van der Waals surface area contributed by atoms with Crippen molar-refractivity contribution in [3.8, 4) is 0 Å². The summed E-state index contributed by atoms with van der Waals surface area (Å²) in [7, 11) is 1.92. The number of halogens is 2. The highest BCUT2D eigenvalue weighted by molar-refractivity contribution is 6.33. The van der Waals surface area contributed by atoms with E-state index in [4.69, 9.17) is 16.3 Å². The van der Waals surface area contributed by atoms with Gasteiger partial charge in [-0.3, -0.25) is 4.79 Å². The van der Waals surface area contributed by atoms with Gasteiger partial charge in [-0.15, -0.1) is 12.4 Å². The zero-order chi connectivity index (χ0) is 30.2. The lowest BCUT2D eigenvalue weighted by molar-refractivity contribution is 0.0572. The van der Waals surface area contributed by atoms with E-state index in [-0.39, 0.29) is 36.5 Å². The molecular formula is C36H45Cl2N3O3. The van der Waals surface area contributed by atoms with E-state index in [9.17, 15) is 9.59 Å². The van der Waals surface area contributed by atoms with Crippen LogP contribution >= 0.6 is 24.0 Å². The molecule has 6 nitrogen and oxygen atoms in total. The van der Waals surface area contributed by atoms with Gasteiger partial charge in [-0.2, -0.15) is 0 Å². The van der Waals surface area contributed by atoms with Crippen LogP contribution in [0.3, 0.4) is 0 Å². The fourth-order valence-corrected chi connectivity index (χ4v) is 7.14. The third-order valence-electron chi connectivity index (χ3n) is 9.26. The fraction of sp³-hybridized carbons (Fsp3) is 0.444. The van der Waals surface area contributed by atoms with E-state index in [1.165, 1.54) is 5.56 Å². The molecule has 8 heteroatoms. The van der Waals surface area contributed by atoms with E-state index in [1.807, 2.05) is 65.4 Å². The van der Waals surface area contributed by atoms with Gasteiger partial charge in [0.1, 0.15) is 6.61 Å². The summed E-state index contributed by atoms with van der Waals surface area (Å²) in [5.74, 6) is 0.807. The summed E-state index contributed by atoms with van der Waals surface area (Å²) in [5.41, 5.74) is 2.91. The van der Waals surface area contributed by atoms with Gasteiger partial charge in [-0.1, -0.05) is 91.3 Å². The number of benzene rings is 3. The summed E-state index contributed by atoms with van der Waals surface area (Å²) in [6.07, 6.45) is 4.48. The first-order chi connectivity index (χ1) is 20.9. The van der Waals surface area contributed by atoms with Crippen LogP contribution in [0.2, 0.25) is 5.02 Å². The minimum Gasteiger partial charge on any atom is -0.445 e. The van der Waals surface area contributed by atoms with Crippen LogP contribution in [0.15, 0.2) is 84.9 Å². The molecule has 0 aromatic heterocycles. The zero-order valence-electron chi connectivity index (χ0n) is 25.8. The number of carbonyl (C=O) groups excluding carboxylic acids is 2.